The number of hydrogen-bond acceptors (Lipinski definition) is 2. The number of rotatable bonds is 2. The van der Waals surface area contributed by atoms with Gasteiger partial charge < -0.3 is 10.5 Å². The highest BCUT2D eigenvalue weighted by atomic mass is 35.5. The Labute approximate surface area is 94.8 Å². The molecule has 0 aliphatic heterocycles. The van der Waals surface area contributed by atoms with Gasteiger partial charge in [0.2, 0.25) is 0 Å². The molecule has 2 nitrogen and oxygen atoms in total. The van der Waals surface area contributed by atoms with E-state index in [1.807, 2.05) is 18.2 Å². The molecule has 0 saturated heterocycles. The second kappa shape index (κ2) is 3.97. The van der Waals surface area contributed by atoms with Gasteiger partial charge in [-0.2, -0.15) is 0 Å². The van der Waals surface area contributed by atoms with Crippen LogP contribution in [0.4, 0.5) is 0 Å². The van der Waals surface area contributed by atoms with Crippen LogP contribution < -0.4 is 10.5 Å². The van der Waals surface area contributed by atoms with Gasteiger partial charge in [0.25, 0.3) is 0 Å². The molecule has 1 fully saturated rings. The molecular formula is C10H13Cl2NO. The van der Waals surface area contributed by atoms with Crippen molar-refractivity contribution in [2.24, 2.45) is 5.73 Å². The van der Waals surface area contributed by atoms with Gasteiger partial charge in [-0.05, 0) is 25.0 Å². The van der Waals surface area contributed by atoms with E-state index < -0.39 is 0 Å². The van der Waals surface area contributed by atoms with E-state index in [0.717, 1.165) is 24.2 Å². The Bertz CT molecular complexity index is 337. The molecule has 14 heavy (non-hydrogen) atoms. The third kappa shape index (κ3) is 1.97. The molecule has 1 aliphatic carbocycles. The average Bonchev–Trinajstić information content (AvgIpc) is 2.84. The van der Waals surface area contributed by atoms with E-state index in [1.54, 1.807) is 7.11 Å². The van der Waals surface area contributed by atoms with Crippen molar-refractivity contribution in [3.63, 3.8) is 0 Å². The van der Waals surface area contributed by atoms with E-state index in [2.05, 4.69) is 0 Å². The molecule has 0 atom stereocenters. The Balaban J connectivity index is 0.000000980. The molecule has 1 aliphatic rings. The van der Waals surface area contributed by atoms with Crippen LogP contribution in [0.3, 0.4) is 0 Å². The predicted molar refractivity (Wildman–Crippen MR) is 60.4 cm³/mol. The average molecular weight is 234 g/mol. The Morgan fingerprint density at radius 2 is 2.07 bits per heavy atom. The summed E-state index contributed by atoms with van der Waals surface area (Å²) in [5.41, 5.74) is 6.98. The van der Waals surface area contributed by atoms with Crippen molar-refractivity contribution in [1.82, 2.24) is 0 Å². The van der Waals surface area contributed by atoms with Crippen molar-refractivity contribution < 1.29 is 4.74 Å². The Morgan fingerprint density at radius 3 is 2.57 bits per heavy atom. The molecule has 0 bridgehead atoms. The van der Waals surface area contributed by atoms with Gasteiger partial charge in [0.05, 0.1) is 7.11 Å². The van der Waals surface area contributed by atoms with E-state index in [4.69, 9.17) is 22.1 Å². The quantitative estimate of drug-likeness (QED) is 0.853. The zero-order valence-electron chi connectivity index (χ0n) is 7.92. The normalized spacial score (nSPS) is 17.1. The lowest BCUT2D eigenvalue weighted by atomic mass is 10.1. The Hall–Kier alpha value is -0.440. The maximum atomic E-state index is 6.07. The van der Waals surface area contributed by atoms with Gasteiger partial charge in [0, 0.05) is 16.1 Å². The summed E-state index contributed by atoms with van der Waals surface area (Å²) in [5.74, 6) is 0.799. The van der Waals surface area contributed by atoms with E-state index in [-0.39, 0.29) is 17.9 Å². The first-order valence-corrected chi connectivity index (χ1v) is 4.66. The SMILES string of the molecule is COc1cc(Cl)ccc1C1(N)CC1.Cl. The number of nitrogens with two attached hydrogens (primary N) is 1. The van der Waals surface area contributed by atoms with Gasteiger partial charge in [0.15, 0.2) is 0 Å². The van der Waals surface area contributed by atoms with E-state index >= 15 is 0 Å². The first-order chi connectivity index (χ1) is 6.15. The first kappa shape index (κ1) is 11.6. The van der Waals surface area contributed by atoms with Gasteiger partial charge in [-0.3, -0.25) is 0 Å². The molecule has 0 aromatic heterocycles. The highest BCUT2D eigenvalue weighted by Crippen LogP contribution is 2.46. The fourth-order valence-electron chi connectivity index (χ4n) is 1.48. The minimum atomic E-state index is -0.157. The lowest BCUT2D eigenvalue weighted by molar-refractivity contribution is 0.404. The monoisotopic (exact) mass is 233 g/mol. The van der Waals surface area contributed by atoms with Gasteiger partial charge >= 0.3 is 0 Å². The molecule has 0 radical (unpaired) electrons. The lowest BCUT2D eigenvalue weighted by Crippen LogP contribution is -2.19. The number of halogens is 2. The molecule has 2 N–H and O–H groups in total. The van der Waals surface area contributed by atoms with Crippen molar-refractivity contribution >= 4 is 24.0 Å². The second-order valence-corrected chi connectivity index (χ2v) is 3.94. The van der Waals surface area contributed by atoms with Crippen LogP contribution in [0.15, 0.2) is 18.2 Å². The third-order valence-electron chi connectivity index (χ3n) is 2.49. The van der Waals surface area contributed by atoms with E-state index in [1.165, 1.54) is 0 Å². The molecule has 4 heteroatoms. The molecule has 0 unspecified atom stereocenters. The smallest absolute Gasteiger partial charge is 0.125 e. The van der Waals surface area contributed by atoms with Crippen LogP contribution in [0.1, 0.15) is 18.4 Å². The summed E-state index contributed by atoms with van der Waals surface area (Å²) in [6.07, 6.45) is 2.07. The summed E-state index contributed by atoms with van der Waals surface area (Å²) < 4.78 is 5.23. The van der Waals surface area contributed by atoms with Crippen molar-refractivity contribution in [3.05, 3.63) is 28.8 Å². The van der Waals surface area contributed by atoms with Crippen LogP contribution in [-0.4, -0.2) is 7.11 Å². The third-order valence-corrected chi connectivity index (χ3v) is 2.72. The van der Waals surface area contributed by atoms with E-state index in [0.29, 0.717) is 5.02 Å². The van der Waals surface area contributed by atoms with Crippen LogP contribution in [0.2, 0.25) is 5.02 Å². The molecular weight excluding hydrogens is 221 g/mol. The van der Waals surface area contributed by atoms with Crippen LogP contribution in [0.5, 0.6) is 5.75 Å². The maximum Gasteiger partial charge on any atom is 0.125 e. The highest BCUT2D eigenvalue weighted by molar-refractivity contribution is 6.30. The van der Waals surface area contributed by atoms with Crippen molar-refractivity contribution in [2.75, 3.05) is 7.11 Å². The van der Waals surface area contributed by atoms with Gasteiger partial charge in [-0.1, -0.05) is 17.7 Å². The fourth-order valence-corrected chi connectivity index (χ4v) is 1.64. The highest BCUT2D eigenvalue weighted by Gasteiger charge is 2.42. The number of hydrogen-bond donors (Lipinski definition) is 1. The molecule has 0 spiro atoms. The van der Waals surface area contributed by atoms with Crippen molar-refractivity contribution in [2.45, 2.75) is 18.4 Å². The van der Waals surface area contributed by atoms with Crippen molar-refractivity contribution in [1.29, 1.82) is 0 Å². The lowest BCUT2D eigenvalue weighted by Gasteiger charge is -2.13. The number of methoxy groups -OCH3 is 1. The van der Waals surface area contributed by atoms with Crippen molar-refractivity contribution in [3.8, 4) is 5.75 Å². The molecule has 78 valence electrons. The van der Waals surface area contributed by atoms with Crippen LogP contribution >= 0.6 is 24.0 Å². The minimum Gasteiger partial charge on any atom is -0.496 e. The van der Waals surface area contributed by atoms with Gasteiger partial charge in [-0.15, -0.1) is 12.4 Å². The Kier molecular flexibility index (Phi) is 3.30. The molecule has 1 aromatic rings. The summed E-state index contributed by atoms with van der Waals surface area (Å²) in [5, 5.41) is 0.685. The maximum absolute atomic E-state index is 6.07. The van der Waals surface area contributed by atoms with Crippen LogP contribution in [-0.2, 0) is 5.54 Å². The topological polar surface area (TPSA) is 35.2 Å². The zero-order chi connectivity index (χ0) is 9.47. The van der Waals surface area contributed by atoms with Crippen LogP contribution in [0, 0.1) is 0 Å². The molecule has 2 rings (SSSR count). The summed E-state index contributed by atoms with van der Waals surface area (Å²) in [6.45, 7) is 0. The van der Waals surface area contributed by atoms with E-state index in [9.17, 15) is 0 Å². The predicted octanol–water partition coefficient (Wildman–Crippen LogP) is 2.72. The summed E-state index contributed by atoms with van der Waals surface area (Å²) in [4.78, 5) is 0. The van der Waals surface area contributed by atoms with Gasteiger partial charge in [-0.25, -0.2) is 0 Å². The second-order valence-electron chi connectivity index (χ2n) is 3.50. The molecule has 0 amide bonds. The fraction of sp³-hybridized carbons (Fsp3) is 0.400. The molecule has 1 aromatic carbocycles. The Morgan fingerprint density at radius 1 is 1.43 bits per heavy atom. The molecule has 1 saturated carbocycles. The number of ether oxygens (including phenoxy) is 1. The summed E-state index contributed by atoms with van der Waals surface area (Å²) in [7, 11) is 1.64. The standard InChI is InChI=1S/C10H12ClNO.ClH/c1-13-9-6-7(11)2-3-8(9)10(12)4-5-10;/h2-3,6H,4-5,12H2,1H3;1H. The van der Waals surface area contributed by atoms with Gasteiger partial charge in [0.1, 0.15) is 5.75 Å². The summed E-state index contributed by atoms with van der Waals surface area (Å²) >= 11 is 5.85. The zero-order valence-corrected chi connectivity index (χ0v) is 9.49. The number of benzene rings is 1. The minimum absolute atomic E-state index is 0. The largest absolute Gasteiger partial charge is 0.496 e. The first-order valence-electron chi connectivity index (χ1n) is 4.29. The summed E-state index contributed by atoms with van der Waals surface area (Å²) in [6, 6.07) is 5.62. The van der Waals surface area contributed by atoms with Crippen LogP contribution in [0.25, 0.3) is 0 Å². The molecule has 0 heterocycles.